The van der Waals surface area contributed by atoms with Crippen molar-refractivity contribution in [2.45, 2.75) is 30.7 Å². The molecule has 8 heteroatoms. The Hall–Kier alpha value is -2.87. The number of benzene rings is 1. The number of phenolic OH excluding ortho intramolecular Hbond substituents is 1. The molecule has 0 aliphatic carbocycles. The molecule has 2 fully saturated rings. The molecule has 1 amide bonds. The van der Waals surface area contributed by atoms with Crippen molar-refractivity contribution in [1.82, 2.24) is 4.90 Å². The highest BCUT2D eigenvalue weighted by atomic mass is 16.5. The molecule has 4 atom stereocenters. The van der Waals surface area contributed by atoms with Gasteiger partial charge in [0.25, 0.3) is 0 Å². The van der Waals surface area contributed by atoms with Crippen LogP contribution in [-0.4, -0.2) is 61.5 Å². The number of fused-ring (bicyclic) bond motifs is 4. The highest BCUT2D eigenvalue weighted by Crippen LogP contribution is 2.55. The van der Waals surface area contributed by atoms with Crippen LogP contribution in [0.1, 0.15) is 24.8 Å². The lowest BCUT2D eigenvalue weighted by atomic mass is 9.67. The number of carbonyl (C=O) groups is 3. The predicted molar refractivity (Wildman–Crippen MR) is 108 cm³/mol. The van der Waals surface area contributed by atoms with Gasteiger partial charge < -0.3 is 24.7 Å². The third-order valence-electron chi connectivity index (χ3n) is 6.92. The van der Waals surface area contributed by atoms with E-state index in [9.17, 15) is 19.5 Å². The minimum Gasteiger partial charge on any atom is -0.508 e. The van der Waals surface area contributed by atoms with Gasteiger partial charge in [-0.05, 0) is 37.4 Å². The van der Waals surface area contributed by atoms with Crippen molar-refractivity contribution in [1.29, 1.82) is 0 Å². The molecule has 2 saturated heterocycles. The molecule has 3 heterocycles. The van der Waals surface area contributed by atoms with Crippen LogP contribution < -0.4 is 5.32 Å². The summed E-state index contributed by atoms with van der Waals surface area (Å²) in [5.41, 5.74) is 0.739. The van der Waals surface area contributed by atoms with Crippen molar-refractivity contribution in [3.8, 4) is 5.75 Å². The van der Waals surface area contributed by atoms with E-state index in [0.717, 1.165) is 6.29 Å². The van der Waals surface area contributed by atoms with E-state index in [2.05, 4.69) is 10.2 Å². The van der Waals surface area contributed by atoms with Gasteiger partial charge in [0.2, 0.25) is 5.91 Å². The zero-order valence-electron chi connectivity index (χ0n) is 17.1. The minimum absolute atomic E-state index is 0.0947. The normalized spacial score (nSPS) is 30.5. The van der Waals surface area contributed by atoms with Crippen molar-refractivity contribution in [2.75, 3.05) is 32.6 Å². The number of aromatic hydroxyl groups is 1. The fourth-order valence-electron chi connectivity index (χ4n) is 5.68. The maximum Gasteiger partial charge on any atom is 0.337 e. The second kappa shape index (κ2) is 7.75. The molecule has 30 heavy (non-hydrogen) atoms. The molecule has 0 aromatic heterocycles. The van der Waals surface area contributed by atoms with Crippen LogP contribution in [0.2, 0.25) is 0 Å². The zero-order chi connectivity index (χ0) is 21.5. The maximum absolute atomic E-state index is 13.2. The highest BCUT2D eigenvalue weighted by molar-refractivity contribution is 6.08. The van der Waals surface area contributed by atoms with Gasteiger partial charge in [-0.15, -0.1) is 0 Å². The number of nitrogens with zero attached hydrogens (tertiary/aromatic N) is 1. The number of aldehydes is 1. The lowest BCUT2D eigenvalue weighted by Gasteiger charge is -2.44. The molecule has 1 spiro atoms. The topological polar surface area (TPSA) is 105 Å². The van der Waals surface area contributed by atoms with Crippen LogP contribution in [0.15, 0.2) is 30.0 Å². The van der Waals surface area contributed by atoms with E-state index in [1.54, 1.807) is 18.2 Å². The molecular weight excluding hydrogens is 388 g/mol. The number of rotatable bonds is 5. The van der Waals surface area contributed by atoms with E-state index in [0.29, 0.717) is 49.2 Å². The summed E-state index contributed by atoms with van der Waals surface area (Å²) < 4.78 is 10.1. The number of phenols is 1. The van der Waals surface area contributed by atoms with E-state index >= 15 is 0 Å². The second-order valence-electron chi connectivity index (χ2n) is 8.19. The highest BCUT2D eigenvalue weighted by Gasteiger charge is 2.61. The van der Waals surface area contributed by atoms with Crippen LogP contribution in [-0.2, 0) is 29.3 Å². The number of hydrogen-bond donors (Lipinski definition) is 2. The summed E-state index contributed by atoms with van der Waals surface area (Å²) in [6.45, 7) is 1.25. The van der Waals surface area contributed by atoms with Gasteiger partial charge >= 0.3 is 5.97 Å². The average molecular weight is 414 g/mol. The summed E-state index contributed by atoms with van der Waals surface area (Å²) in [5, 5.41) is 13.6. The molecule has 0 saturated carbocycles. The largest absolute Gasteiger partial charge is 0.508 e. The molecule has 1 aromatic rings. The van der Waals surface area contributed by atoms with Gasteiger partial charge in [0.05, 0.1) is 31.5 Å². The van der Waals surface area contributed by atoms with Crippen LogP contribution in [0.25, 0.3) is 0 Å². The first kappa shape index (κ1) is 20.4. The second-order valence-corrected chi connectivity index (χ2v) is 8.19. The summed E-state index contributed by atoms with van der Waals surface area (Å²) in [7, 11) is 2.77. The van der Waals surface area contributed by atoms with Gasteiger partial charge in [0.15, 0.2) is 0 Å². The summed E-state index contributed by atoms with van der Waals surface area (Å²) >= 11 is 0. The monoisotopic (exact) mass is 414 g/mol. The maximum atomic E-state index is 13.2. The number of anilines is 1. The van der Waals surface area contributed by atoms with Gasteiger partial charge in [0.1, 0.15) is 12.0 Å². The van der Waals surface area contributed by atoms with Gasteiger partial charge in [-0.2, -0.15) is 0 Å². The molecular formula is C22H26N2O6. The Morgan fingerprint density at radius 2 is 2.20 bits per heavy atom. The fraction of sp³-hybridized carbons (Fsp3) is 0.500. The van der Waals surface area contributed by atoms with Gasteiger partial charge in [0, 0.05) is 36.2 Å². The SMILES string of the molecule is CO/C=C(/C(=O)OC)C1CC2N(CCC23C(=O)Nc2cccc(O)c23)CC1CC=O. The van der Waals surface area contributed by atoms with E-state index in [-0.39, 0.29) is 29.5 Å². The summed E-state index contributed by atoms with van der Waals surface area (Å²) in [4.78, 5) is 39.3. The first-order chi connectivity index (χ1) is 14.5. The van der Waals surface area contributed by atoms with Crippen molar-refractivity contribution >= 4 is 23.9 Å². The number of ether oxygens (including phenoxy) is 2. The molecule has 3 aliphatic heterocycles. The van der Waals surface area contributed by atoms with Crippen molar-refractivity contribution in [3.63, 3.8) is 0 Å². The third kappa shape index (κ3) is 2.89. The molecule has 4 rings (SSSR count). The zero-order valence-corrected chi connectivity index (χ0v) is 17.1. The molecule has 4 unspecified atom stereocenters. The lowest BCUT2D eigenvalue weighted by molar-refractivity contribution is -0.137. The Balaban J connectivity index is 1.77. The number of amides is 1. The van der Waals surface area contributed by atoms with Crippen LogP contribution in [0.5, 0.6) is 5.75 Å². The first-order valence-corrected chi connectivity index (χ1v) is 10.1. The van der Waals surface area contributed by atoms with Crippen molar-refractivity contribution in [3.05, 3.63) is 35.6 Å². The van der Waals surface area contributed by atoms with Gasteiger partial charge in [-0.3, -0.25) is 9.69 Å². The molecule has 0 radical (unpaired) electrons. The number of hydrogen-bond acceptors (Lipinski definition) is 7. The molecule has 2 N–H and O–H groups in total. The number of carbonyl (C=O) groups excluding carboxylic acids is 3. The third-order valence-corrected chi connectivity index (χ3v) is 6.92. The number of piperidine rings is 1. The lowest BCUT2D eigenvalue weighted by Crippen LogP contribution is -2.54. The van der Waals surface area contributed by atoms with Crippen LogP contribution in [0, 0.1) is 11.8 Å². The molecule has 8 nitrogen and oxygen atoms in total. The van der Waals surface area contributed by atoms with Gasteiger partial charge in [-0.1, -0.05) is 6.07 Å². The summed E-state index contributed by atoms with van der Waals surface area (Å²) in [6, 6.07) is 4.89. The number of methoxy groups -OCH3 is 2. The minimum atomic E-state index is -0.890. The Morgan fingerprint density at radius 3 is 2.90 bits per heavy atom. The van der Waals surface area contributed by atoms with Gasteiger partial charge in [-0.25, -0.2) is 4.79 Å². The smallest absolute Gasteiger partial charge is 0.337 e. The Bertz CT molecular complexity index is 913. The summed E-state index contributed by atoms with van der Waals surface area (Å²) in [6.07, 6.45) is 3.59. The van der Waals surface area contributed by atoms with E-state index in [4.69, 9.17) is 9.47 Å². The fourth-order valence-corrected chi connectivity index (χ4v) is 5.68. The van der Waals surface area contributed by atoms with E-state index < -0.39 is 11.4 Å². The standard InChI is InChI=1S/C22H26N2O6/c1-29-12-15(20(27)30-2)14-10-18-22(7-8-24(18)11-13(14)6-9-25)19-16(23-21(22)28)4-3-5-17(19)26/h3-5,9,12-14,18,26H,6-8,10-11H2,1-2H3,(H,23,28)/b15-12+. The quantitative estimate of drug-likeness (QED) is 0.326. The number of esters is 1. The molecule has 1 aromatic carbocycles. The Kier molecular flexibility index (Phi) is 5.27. The van der Waals surface area contributed by atoms with Crippen molar-refractivity contribution in [2.24, 2.45) is 11.8 Å². The Morgan fingerprint density at radius 1 is 1.40 bits per heavy atom. The average Bonchev–Trinajstić information content (AvgIpc) is 3.24. The predicted octanol–water partition coefficient (Wildman–Crippen LogP) is 1.58. The van der Waals surface area contributed by atoms with E-state index in [1.807, 2.05) is 0 Å². The molecule has 3 aliphatic rings. The van der Waals surface area contributed by atoms with Crippen LogP contribution >= 0.6 is 0 Å². The van der Waals surface area contributed by atoms with Crippen LogP contribution in [0.4, 0.5) is 5.69 Å². The Labute approximate surface area is 174 Å². The first-order valence-electron chi connectivity index (χ1n) is 10.1. The van der Waals surface area contributed by atoms with Crippen LogP contribution in [0.3, 0.4) is 0 Å². The molecule has 160 valence electrons. The molecule has 0 bridgehead atoms. The van der Waals surface area contributed by atoms with Crippen molar-refractivity contribution < 1.29 is 29.0 Å². The number of nitrogens with one attached hydrogen (secondary N) is 1. The summed E-state index contributed by atoms with van der Waals surface area (Å²) in [5.74, 6) is -0.934. The van der Waals surface area contributed by atoms with E-state index in [1.165, 1.54) is 20.5 Å².